The van der Waals surface area contributed by atoms with E-state index in [1.165, 1.54) is 6.26 Å². The molecule has 1 heterocycles. The van der Waals surface area contributed by atoms with Gasteiger partial charge in [-0.1, -0.05) is 0 Å². The van der Waals surface area contributed by atoms with Gasteiger partial charge in [-0.15, -0.1) is 0 Å². The van der Waals surface area contributed by atoms with Crippen LogP contribution in [0.4, 0.5) is 0 Å². The Hall–Kier alpha value is -2.58. The number of nitriles is 1. The molecule has 1 amide bonds. The van der Waals surface area contributed by atoms with Gasteiger partial charge in [0.25, 0.3) is 5.91 Å². The summed E-state index contributed by atoms with van der Waals surface area (Å²) in [7, 11) is 0. The summed E-state index contributed by atoms with van der Waals surface area (Å²) in [5.41, 5.74) is -0.204. The molecule has 1 fully saturated rings. The first-order chi connectivity index (χ1) is 10.6. The Balaban J connectivity index is 1.70. The highest BCUT2D eigenvalue weighted by atomic mass is 16.4. The van der Waals surface area contributed by atoms with Gasteiger partial charge in [0, 0.05) is 5.56 Å². The lowest BCUT2D eigenvalue weighted by molar-refractivity contribution is -0.00610. The molecule has 1 aromatic carbocycles. The minimum absolute atomic E-state index is 0.101. The SMILES string of the molecule is N#Cc1ccc(C(=O)NCC(O)(c2ccco2)C2CC2)cc1. The minimum atomic E-state index is -1.16. The number of nitrogens with zero attached hydrogens (tertiary/aromatic N) is 1. The first kappa shape index (κ1) is 14.4. The Morgan fingerprint density at radius 1 is 1.36 bits per heavy atom. The van der Waals surface area contributed by atoms with Gasteiger partial charge in [-0.3, -0.25) is 4.79 Å². The van der Waals surface area contributed by atoms with Crippen molar-refractivity contribution in [1.29, 1.82) is 5.26 Å². The van der Waals surface area contributed by atoms with E-state index in [0.29, 0.717) is 16.9 Å². The molecule has 1 unspecified atom stereocenters. The summed E-state index contributed by atoms with van der Waals surface area (Å²) in [6.45, 7) is 0.101. The van der Waals surface area contributed by atoms with Gasteiger partial charge in [-0.2, -0.15) is 5.26 Å². The molecule has 112 valence electrons. The van der Waals surface area contributed by atoms with Gasteiger partial charge in [0.15, 0.2) is 0 Å². The number of carbonyl (C=O) groups excluding carboxylic acids is 1. The van der Waals surface area contributed by atoms with E-state index in [1.807, 2.05) is 6.07 Å². The summed E-state index contributed by atoms with van der Waals surface area (Å²) in [5, 5.41) is 22.3. The second-order valence-corrected chi connectivity index (χ2v) is 5.55. The third-order valence-electron chi connectivity index (χ3n) is 4.00. The van der Waals surface area contributed by atoms with E-state index in [-0.39, 0.29) is 18.4 Å². The Morgan fingerprint density at radius 3 is 2.64 bits per heavy atom. The molecular weight excluding hydrogens is 280 g/mol. The summed E-state index contributed by atoms with van der Waals surface area (Å²) in [6.07, 6.45) is 3.36. The third kappa shape index (κ3) is 2.74. The van der Waals surface area contributed by atoms with E-state index in [9.17, 15) is 9.90 Å². The zero-order valence-electron chi connectivity index (χ0n) is 12.0. The summed E-state index contributed by atoms with van der Waals surface area (Å²) in [5.74, 6) is 0.310. The fourth-order valence-corrected chi connectivity index (χ4v) is 2.53. The van der Waals surface area contributed by atoms with Crippen LogP contribution in [0, 0.1) is 17.2 Å². The summed E-state index contributed by atoms with van der Waals surface area (Å²) < 4.78 is 5.33. The summed E-state index contributed by atoms with van der Waals surface area (Å²) >= 11 is 0. The normalized spacial score (nSPS) is 16.5. The van der Waals surface area contributed by atoms with E-state index in [1.54, 1.807) is 36.4 Å². The fraction of sp³-hybridized carbons (Fsp3) is 0.294. The van der Waals surface area contributed by atoms with Crippen molar-refractivity contribution in [3.63, 3.8) is 0 Å². The van der Waals surface area contributed by atoms with Crippen LogP contribution in [0.3, 0.4) is 0 Å². The highest BCUT2D eigenvalue weighted by molar-refractivity contribution is 5.94. The van der Waals surface area contributed by atoms with Crippen LogP contribution >= 0.6 is 0 Å². The summed E-state index contributed by atoms with van der Waals surface area (Å²) in [4.78, 5) is 12.2. The number of benzene rings is 1. The van der Waals surface area contributed by atoms with Gasteiger partial charge in [0.2, 0.25) is 0 Å². The quantitative estimate of drug-likeness (QED) is 0.885. The summed E-state index contributed by atoms with van der Waals surface area (Å²) in [6, 6.07) is 11.8. The van der Waals surface area contributed by atoms with Crippen LogP contribution in [-0.4, -0.2) is 17.6 Å². The zero-order valence-corrected chi connectivity index (χ0v) is 12.0. The Kier molecular flexibility index (Phi) is 3.70. The Bertz CT molecular complexity index is 697. The average molecular weight is 296 g/mol. The molecule has 1 atom stereocenters. The first-order valence-corrected chi connectivity index (χ1v) is 7.18. The number of carbonyl (C=O) groups is 1. The second-order valence-electron chi connectivity index (χ2n) is 5.55. The van der Waals surface area contributed by atoms with Crippen molar-refractivity contribution in [3.05, 3.63) is 59.5 Å². The van der Waals surface area contributed by atoms with Gasteiger partial charge in [-0.05, 0) is 55.2 Å². The number of furan rings is 1. The second kappa shape index (κ2) is 5.66. The lowest BCUT2D eigenvalue weighted by Gasteiger charge is -2.26. The molecule has 1 saturated carbocycles. The molecule has 3 rings (SSSR count). The highest BCUT2D eigenvalue weighted by Gasteiger charge is 2.47. The maximum absolute atomic E-state index is 12.2. The Labute approximate surface area is 128 Å². The molecule has 0 spiro atoms. The van der Waals surface area contributed by atoms with Crippen LogP contribution in [-0.2, 0) is 5.60 Å². The smallest absolute Gasteiger partial charge is 0.251 e. The predicted octanol–water partition coefficient (Wildman–Crippen LogP) is 2.18. The van der Waals surface area contributed by atoms with Crippen molar-refractivity contribution in [3.8, 4) is 6.07 Å². The number of amides is 1. The molecule has 1 aliphatic carbocycles. The minimum Gasteiger partial charge on any atom is -0.466 e. The first-order valence-electron chi connectivity index (χ1n) is 7.18. The molecule has 5 nitrogen and oxygen atoms in total. The highest BCUT2D eigenvalue weighted by Crippen LogP contribution is 2.45. The number of rotatable bonds is 5. The molecular formula is C17H16N2O3. The molecule has 2 N–H and O–H groups in total. The van der Waals surface area contributed by atoms with Gasteiger partial charge in [-0.25, -0.2) is 0 Å². The Morgan fingerprint density at radius 2 is 2.09 bits per heavy atom. The van der Waals surface area contributed by atoms with Crippen molar-refractivity contribution >= 4 is 5.91 Å². The number of hydrogen-bond donors (Lipinski definition) is 2. The molecule has 1 aromatic heterocycles. The van der Waals surface area contributed by atoms with Gasteiger partial charge >= 0.3 is 0 Å². The molecule has 5 heteroatoms. The van der Waals surface area contributed by atoms with E-state index in [4.69, 9.17) is 9.68 Å². The van der Waals surface area contributed by atoms with Crippen molar-refractivity contribution in [1.82, 2.24) is 5.32 Å². The molecule has 0 radical (unpaired) electrons. The number of aliphatic hydroxyl groups is 1. The van der Waals surface area contributed by atoms with Crippen LogP contribution in [0.5, 0.6) is 0 Å². The maximum Gasteiger partial charge on any atom is 0.251 e. The molecule has 22 heavy (non-hydrogen) atoms. The topological polar surface area (TPSA) is 86.3 Å². The fourth-order valence-electron chi connectivity index (χ4n) is 2.53. The largest absolute Gasteiger partial charge is 0.466 e. The van der Waals surface area contributed by atoms with Crippen LogP contribution in [0.15, 0.2) is 47.1 Å². The van der Waals surface area contributed by atoms with E-state index in [2.05, 4.69) is 5.32 Å². The van der Waals surface area contributed by atoms with E-state index in [0.717, 1.165) is 12.8 Å². The predicted molar refractivity (Wildman–Crippen MR) is 78.8 cm³/mol. The van der Waals surface area contributed by atoms with Crippen LogP contribution < -0.4 is 5.32 Å². The lowest BCUT2D eigenvalue weighted by atomic mass is 9.94. The van der Waals surface area contributed by atoms with Crippen LogP contribution in [0.25, 0.3) is 0 Å². The van der Waals surface area contributed by atoms with Crippen LogP contribution in [0.1, 0.15) is 34.5 Å². The van der Waals surface area contributed by atoms with Crippen molar-refractivity contribution in [2.45, 2.75) is 18.4 Å². The maximum atomic E-state index is 12.2. The monoisotopic (exact) mass is 296 g/mol. The molecule has 0 saturated heterocycles. The number of nitrogens with one attached hydrogen (secondary N) is 1. The van der Waals surface area contributed by atoms with Crippen molar-refractivity contribution in [2.75, 3.05) is 6.54 Å². The number of hydrogen-bond acceptors (Lipinski definition) is 4. The van der Waals surface area contributed by atoms with Crippen LogP contribution in [0.2, 0.25) is 0 Å². The molecule has 0 bridgehead atoms. The zero-order chi connectivity index (χ0) is 15.6. The molecule has 0 aliphatic heterocycles. The van der Waals surface area contributed by atoms with Crippen molar-refractivity contribution < 1.29 is 14.3 Å². The van der Waals surface area contributed by atoms with Gasteiger partial charge < -0.3 is 14.8 Å². The average Bonchev–Trinajstić information content (AvgIpc) is 3.27. The molecule has 1 aliphatic rings. The standard InChI is InChI=1S/C17H16N2O3/c18-10-12-3-5-13(6-4-12)16(20)19-11-17(21,14-7-8-14)15-2-1-9-22-15/h1-6,9,14,21H,7-8,11H2,(H,19,20). The van der Waals surface area contributed by atoms with Crippen molar-refractivity contribution in [2.24, 2.45) is 5.92 Å². The lowest BCUT2D eigenvalue weighted by Crippen LogP contribution is -2.42. The molecule has 2 aromatic rings. The van der Waals surface area contributed by atoms with E-state index >= 15 is 0 Å². The van der Waals surface area contributed by atoms with Gasteiger partial charge in [0.1, 0.15) is 11.4 Å². The third-order valence-corrected chi connectivity index (χ3v) is 4.00. The van der Waals surface area contributed by atoms with E-state index < -0.39 is 5.60 Å². The van der Waals surface area contributed by atoms with Gasteiger partial charge in [0.05, 0.1) is 24.4 Å².